The fourth-order valence-electron chi connectivity index (χ4n) is 1.94. The Labute approximate surface area is 102 Å². The Morgan fingerprint density at radius 2 is 2.18 bits per heavy atom. The summed E-state index contributed by atoms with van der Waals surface area (Å²) in [4.78, 5) is 15.0. The number of carboxylic acids is 1. The largest absolute Gasteiger partial charge is 0.481 e. The molecule has 17 heavy (non-hydrogen) atoms. The highest BCUT2D eigenvalue weighted by molar-refractivity contribution is 5.68. The van der Waals surface area contributed by atoms with Crippen LogP contribution in [-0.4, -0.2) is 26.2 Å². The van der Waals surface area contributed by atoms with Gasteiger partial charge in [-0.1, -0.05) is 0 Å². The minimum atomic E-state index is -0.843. The molecule has 0 aliphatic rings. The Balaban J connectivity index is 3.13. The van der Waals surface area contributed by atoms with Crippen LogP contribution in [-0.2, 0) is 4.79 Å². The molecule has 0 aliphatic carbocycles. The van der Waals surface area contributed by atoms with E-state index in [9.17, 15) is 4.79 Å². The SMILES string of the molecule is CC(C)n1cncc1C(CC(=O)O)C(C)(C)N. The molecule has 0 aliphatic heterocycles. The van der Waals surface area contributed by atoms with Crippen LogP contribution in [0.25, 0.3) is 0 Å². The minimum Gasteiger partial charge on any atom is -0.481 e. The molecular formula is C12H21N3O2. The van der Waals surface area contributed by atoms with Crippen LogP contribution in [0.5, 0.6) is 0 Å². The monoisotopic (exact) mass is 239 g/mol. The van der Waals surface area contributed by atoms with E-state index >= 15 is 0 Å². The molecule has 1 aromatic heterocycles. The Morgan fingerprint density at radius 3 is 2.59 bits per heavy atom. The van der Waals surface area contributed by atoms with Crippen molar-refractivity contribution in [2.45, 2.75) is 51.6 Å². The Morgan fingerprint density at radius 1 is 1.59 bits per heavy atom. The van der Waals surface area contributed by atoms with Gasteiger partial charge in [0.1, 0.15) is 0 Å². The van der Waals surface area contributed by atoms with Crippen LogP contribution in [0, 0.1) is 0 Å². The van der Waals surface area contributed by atoms with Crippen molar-refractivity contribution in [1.82, 2.24) is 9.55 Å². The second kappa shape index (κ2) is 4.87. The summed E-state index contributed by atoms with van der Waals surface area (Å²) in [7, 11) is 0. The molecule has 0 saturated carbocycles. The summed E-state index contributed by atoms with van der Waals surface area (Å²) < 4.78 is 1.97. The van der Waals surface area contributed by atoms with E-state index in [0.717, 1.165) is 5.69 Å². The lowest BCUT2D eigenvalue weighted by Gasteiger charge is -2.30. The first-order chi connectivity index (χ1) is 7.73. The van der Waals surface area contributed by atoms with Crippen LogP contribution < -0.4 is 5.73 Å². The zero-order valence-corrected chi connectivity index (χ0v) is 10.8. The molecule has 0 saturated heterocycles. The summed E-state index contributed by atoms with van der Waals surface area (Å²) in [6.07, 6.45) is 3.45. The molecule has 5 heteroatoms. The highest BCUT2D eigenvalue weighted by atomic mass is 16.4. The quantitative estimate of drug-likeness (QED) is 0.820. The number of imidazole rings is 1. The van der Waals surface area contributed by atoms with E-state index in [4.69, 9.17) is 10.8 Å². The zero-order chi connectivity index (χ0) is 13.2. The van der Waals surface area contributed by atoms with Gasteiger partial charge in [-0.05, 0) is 27.7 Å². The van der Waals surface area contributed by atoms with E-state index in [0.29, 0.717) is 0 Å². The number of hydrogen-bond acceptors (Lipinski definition) is 3. The molecule has 1 unspecified atom stereocenters. The highest BCUT2D eigenvalue weighted by Crippen LogP contribution is 2.30. The molecule has 0 bridgehead atoms. The first kappa shape index (κ1) is 13.7. The molecule has 0 amide bonds. The van der Waals surface area contributed by atoms with Gasteiger partial charge in [-0.3, -0.25) is 4.79 Å². The molecule has 0 radical (unpaired) electrons. The fourth-order valence-corrected chi connectivity index (χ4v) is 1.94. The molecule has 0 spiro atoms. The molecule has 96 valence electrons. The number of nitrogens with zero attached hydrogens (tertiary/aromatic N) is 2. The van der Waals surface area contributed by atoms with E-state index in [1.807, 2.05) is 32.3 Å². The van der Waals surface area contributed by atoms with Crippen LogP contribution in [0.1, 0.15) is 51.8 Å². The maximum absolute atomic E-state index is 10.9. The van der Waals surface area contributed by atoms with Crippen molar-refractivity contribution in [2.24, 2.45) is 5.73 Å². The number of carbonyl (C=O) groups is 1. The van der Waals surface area contributed by atoms with Crippen LogP contribution in [0.3, 0.4) is 0 Å². The van der Waals surface area contributed by atoms with Gasteiger partial charge in [0.25, 0.3) is 0 Å². The van der Waals surface area contributed by atoms with Gasteiger partial charge in [0.05, 0.1) is 12.7 Å². The molecule has 0 fully saturated rings. The van der Waals surface area contributed by atoms with Crippen molar-refractivity contribution in [3.63, 3.8) is 0 Å². The molecule has 3 N–H and O–H groups in total. The lowest BCUT2D eigenvalue weighted by molar-refractivity contribution is -0.137. The van der Waals surface area contributed by atoms with Gasteiger partial charge in [-0.15, -0.1) is 0 Å². The summed E-state index contributed by atoms with van der Waals surface area (Å²) in [5, 5.41) is 8.99. The van der Waals surface area contributed by atoms with E-state index in [-0.39, 0.29) is 18.4 Å². The van der Waals surface area contributed by atoms with Crippen molar-refractivity contribution < 1.29 is 9.90 Å². The maximum atomic E-state index is 10.9. The van der Waals surface area contributed by atoms with E-state index < -0.39 is 11.5 Å². The third-order valence-corrected chi connectivity index (χ3v) is 2.89. The van der Waals surface area contributed by atoms with Gasteiger partial charge >= 0.3 is 5.97 Å². The first-order valence-electron chi connectivity index (χ1n) is 5.76. The normalized spacial score (nSPS) is 14.0. The average Bonchev–Trinajstić information content (AvgIpc) is 2.59. The van der Waals surface area contributed by atoms with E-state index in [2.05, 4.69) is 4.98 Å². The Bertz CT molecular complexity index is 391. The Hall–Kier alpha value is -1.36. The van der Waals surface area contributed by atoms with Crippen molar-refractivity contribution in [1.29, 1.82) is 0 Å². The van der Waals surface area contributed by atoms with Crippen LogP contribution in [0.4, 0.5) is 0 Å². The molecule has 1 atom stereocenters. The molecule has 1 aromatic rings. The summed E-state index contributed by atoms with van der Waals surface area (Å²) >= 11 is 0. The molecular weight excluding hydrogens is 218 g/mol. The third kappa shape index (κ3) is 3.30. The Kier molecular flexibility index (Phi) is 3.93. The predicted octanol–water partition coefficient (Wildman–Crippen LogP) is 1.76. The highest BCUT2D eigenvalue weighted by Gasteiger charge is 2.31. The van der Waals surface area contributed by atoms with Gasteiger partial charge in [-0.2, -0.15) is 0 Å². The number of hydrogen-bond donors (Lipinski definition) is 2. The summed E-state index contributed by atoms with van der Waals surface area (Å²) in [5.41, 5.74) is 6.38. The fraction of sp³-hybridized carbons (Fsp3) is 0.667. The average molecular weight is 239 g/mol. The van der Waals surface area contributed by atoms with Crippen molar-refractivity contribution in [3.05, 3.63) is 18.2 Å². The van der Waals surface area contributed by atoms with Gasteiger partial charge in [-0.25, -0.2) is 4.98 Å². The smallest absolute Gasteiger partial charge is 0.304 e. The first-order valence-corrected chi connectivity index (χ1v) is 5.76. The van der Waals surface area contributed by atoms with Gasteiger partial charge in [0.2, 0.25) is 0 Å². The van der Waals surface area contributed by atoms with Gasteiger partial charge < -0.3 is 15.4 Å². The number of aliphatic carboxylic acids is 1. The molecule has 1 heterocycles. The summed E-state index contributed by atoms with van der Waals surface area (Å²) in [6, 6.07) is 0.242. The molecule has 0 aromatic carbocycles. The second-order valence-corrected chi connectivity index (χ2v) is 5.29. The zero-order valence-electron chi connectivity index (χ0n) is 10.8. The third-order valence-electron chi connectivity index (χ3n) is 2.89. The number of carboxylic acid groups (broad SMARTS) is 1. The number of aromatic nitrogens is 2. The summed E-state index contributed by atoms with van der Waals surface area (Å²) in [5.74, 6) is -1.09. The van der Waals surface area contributed by atoms with Crippen LogP contribution in [0.2, 0.25) is 0 Å². The standard InChI is InChI=1S/C12H21N3O2/c1-8(2)15-7-14-6-10(15)9(5-11(16)17)12(3,4)13/h6-9H,5,13H2,1-4H3,(H,16,17). The summed E-state index contributed by atoms with van der Waals surface area (Å²) in [6.45, 7) is 7.76. The number of rotatable bonds is 5. The second-order valence-electron chi connectivity index (χ2n) is 5.29. The van der Waals surface area contributed by atoms with Crippen LogP contribution in [0.15, 0.2) is 12.5 Å². The predicted molar refractivity (Wildman–Crippen MR) is 65.9 cm³/mol. The van der Waals surface area contributed by atoms with E-state index in [1.165, 1.54) is 0 Å². The molecule has 1 rings (SSSR count). The van der Waals surface area contributed by atoms with Crippen molar-refractivity contribution in [3.8, 4) is 0 Å². The van der Waals surface area contributed by atoms with Gasteiger partial charge in [0, 0.05) is 29.4 Å². The lowest BCUT2D eigenvalue weighted by Crippen LogP contribution is -2.41. The van der Waals surface area contributed by atoms with Crippen molar-refractivity contribution >= 4 is 5.97 Å². The van der Waals surface area contributed by atoms with Gasteiger partial charge in [0.15, 0.2) is 0 Å². The van der Waals surface area contributed by atoms with Crippen molar-refractivity contribution in [2.75, 3.05) is 0 Å². The minimum absolute atomic E-state index is 0.0158. The van der Waals surface area contributed by atoms with Crippen LogP contribution >= 0.6 is 0 Å². The number of nitrogens with two attached hydrogens (primary N) is 1. The molecule has 5 nitrogen and oxygen atoms in total. The topological polar surface area (TPSA) is 81.1 Å². The maximum Gasteiger partial charge on any atom is 0.304 e. The lowest BCUT2D eigenvalue weighted by atomic mass is 9.83. The van der Waals surface area contributed by atoms with E-state index in [1.54, 1.807) is 12.5 Å².